The van der Waals surface area contributed by atoms with E-state index < -0.39 is 6.09 Å². The van der Waals surface area contributed by atoms with Gasteiger partial charge in [-0.05, 0) is 31.4 Å². The molecule has 6 heteroatoms. The SMILES string of the molecule is Cc1cccn(O)c1=N[C@@H]1CCCN(C(=O)O)C1. The van der Waals surface area contributed by atoms with Gasteiger partial charge in [-0.25, -0.2) is 4.79 Å². The normalized spacial score (nSPS) is 21.1. The third-order valence-corrected chi connectivity index (χ3v) is 3.12. The van der Waals surface area contributed by atoms with Crippen LogP contribution in [0.25, 0.3) is 0 Å². The summed E-state index contributed by atoms with van der Waals surface area (Å²) >= 11 is 0. The molecule has 1 fully saturated rings. The van der Waals surface area contributed by atoms with Gasteiger partial charge in [-0.1, -0.05) is 6.07 Å². The minimum absolute atomic E-state index is 0.0886. The predicted molar refractivity (Wildman–Crippen MR) is 64.5 cm³/mol. The number of aromatic nitrogens is 1. The number of carbonyl (C=O) groups is 1. The highest BCUT2D eigenvalue weighted by atomic mass is 16.5. The molecule has 2 rings (SSSR count). The van der Waals surface area contributed by atoms with E-state index >= 15 is 0 Å². The van der Waals surface area contributed by atoms with Gasteiger partial charge >= 0.3 is 6.09 Å². The first-order valence-electron chi connectivity index (χ1n) is 5.97. The van der Waals surface area contributed by atoms with Crippen molar-refractivity contribution in [1.29, 1.82) is 0 Å². The Morgan fingerprint density at radius 1 is 1.56 bits per heavy atom. The standard InChI is InChI=1S/C12H17N3O3/c1-9-4-2-7-15(18)11(9)13-10-5-3-6-14(8-10)12(16)17/h2,4,7,10,18H,3,5-6,8H2,1H3,(H,16,17)/t10-/m1/s1. The second-order valence-corrected chi connectivity index (χ2v) is 4.51. The lowest BCUT2D eigenvalue weighted by atomic mass is 10.1. The van der Waals surface area contributed by atoms with Crippen LogP contribution in [0.15, 0.2) is 23.3 Å². The number of piperidine rings is 1. The van der Waals surface area contributed by atoms with E-state index in [0.29, 0.717) is 18.6 Å². The number of rotatable bonds is 1. The van der Waals surface area contributed by atoms with Crippen LogP contribution in [0.2, 0.25) is 0 Å². The van der Waals surface area contributed by atoms with Crippen LogP contribution >= 0.6 is 0 Å². The molecule has 1 saturated heterocycles. The fraction of sp³-hybridized carbons (Fsp3) is 0.500. The van der Waals surface area contributed by atoms with Gasteiger partial charge in [0, 0.05) is 19.3 Å². The largest absolute Gasteiger partial charge is 0.465 e. The summed E-state index contributed by atoms with van der Waals surface area (Å²) in [6.07, 6.45) is 2.26. The van der Waals surface area contributed by atoms with Gasteiger partial charge in [-0.2, -0.15) is 4.73 Å². The van der Waals surface area contributed by atoms with Gasteiger partial charge in [0.2, 0.25) is 0 Å². The maximum atomic E-state index is 10.9. The maximum absolute atomic E-state index is 10.9. The topological polar surface area (TPSA) is 78.1 Å². The second kappa shape index (κ2) is 5.12. The molecular formula is C12H17N3O3. The number of hydrogen-bond acceptors (Lipinski definition) is 3. The molecule has 0 unspecified atom stereocenters. The van der Waals surface area contributed by atoms with Crippen LogP contribution in [0, 0.1) is 6.92 Å². The van der Waals surface area contributed by atoms with Crippen LogP contribution in [-0.2, 0) is 0 Å². The number of carboxylic acid groups (broad SMARTS) is 1. The first-order chi connectivity index (χ1) is 8.58. The van der Waals surface area contributed by atoms with Gasteiger partial charge in [0.25, 0.3) is 0 Å². The van der Waals surface area contributed by atoms with Crippen LogP contribution in [0.1, 0.15) is 18.4 Å². The summed E-state index contributed by atoms with van der Waals surface area (Å²) in [7, 11) is 0. The Hall–Kier alpha value is -1.98. The molecule has 1 amide bonds. The van der Waals surface area contributed by atoms with Crippen molar-refractivity contribution in [3.63, 3.8) is 0 Å². The summed E-state index contributed by atoms with van der Waals surface area (Å²) in [6.45, 7) is 2.82. The van der Waals surface area contributed by atoms with Crippen molar-refractivity contribution in [2.24, 2.45) is 4.99 Å². The molecule has 0 bridgehead atoms. The summed E-state index contributed by atoms with van der Waals surface area (Å²) < 4.78 is 0.981. The van der Waals surface area contributed by atoms with Crippen LogP contribution in [0.4, 0.5) is 4.79 Å². The molecule has 1 aliphatic rings. The van der Waals surface area contributed by atoms with E-state index in [4.69, 9.17) is 5.11 Å². The quantitative estimate of drug-likeness (QED) is 0.733. The molecule has 1 atom stereocenters. The van der Waals surface area contributed by atoms with Crippen molar-refractivity contribution in [2.45, 2.75) is 25.8 Å². The van der Waals surface area contributed by atoms with Crippen LogP contribution in [0.5, 0.6) is 0 Å². The van der Waals surface area contributed by atoms with E-state index in [-0.39, 0.29) is 6.04 Å². The fourth-order valence-electron chi connectivity index (χ4n) is 2.16. The summed E-state index contributed by atoms with van der Waals surface area (Å²) in [5, 5.41) is 18.7. The minimum atomic E-state index is -0.906. The zero-order valence-electron chi connectivity index (χ0n) is 10.3. The number of pyridine rings is 1. The fourth-order valence-corrected chi connectivity index (χ4v) is 2.16. The average molecular weight is 251 g/mol. The van der Waals surface area contributed by atoms with E-state index in [1.54, 1.807) is 6.07 Å². The van der Waals surface area contributed by atoms with Crippen molar-refractivity contribution in [2.75, 3.05) is 13.1 Å². The Morgan fingerprint density at radius 2 is 2.33 bits per heavy atom. The molecule has 1 aliphatic heterocycles. The second-order valence-electron chi connectivity index (χ2n) is 4.51. The molecular weight excluding hydrogens is 234 g/mol. The Balaban J connectivity index is 2.25. The van der Waals surface area contributed by atoms with Gasteiger partial charge < -0.3 is 15.2 Å². The summed E-state index contributed by atoms with van der Waals surface area (Å²) in [4.78, 5) is 16.7. The van der Waals surface area contributed by atoms with Gasteiger partial charge in [0.15, 0.2) is 5.49 Å². The number of amides is 1. The maximum Gasteiger partial charge on any atom is 0.407 e. The van der Waals surface area contributed by atoms with Crippen molar-refractivity contribution < 1.29 is 15.1 Å². The monoisotopic (exact) mass is 251 g/mol. The Kier molecular flexibility index (Phi) is 3.55. The predicted octanol–water partition coefficient (Wildman–Crippen LogP) is 1.08. The molecule has 0 aliphatic carbocycles. The third kappa shape index (κ3) is 2.64. The van der Waals surface area contributed by atoms with Crippen LogP contribution < -0.4 is 5.49 Å². The van der Waals surface area contributed by atoms with E-state index in [1.165, 1.54) is 11.1 Å². The number of nitrogens with zero attached hydrogens (tertiary/aromatic N) is 3. The lowest BCUT2D eigenvalue weighted by Crippen LogP contribution is -2.42. The molecule has 1 aromatic heterocycles. The summed E-state index contributed by atoms with van der Waals surface area (Å²) in [5.74, 6) is 0. The van der Waals surface area contributed by atoms with Crippen LogP contribution in [0.3, 0.4) is 0 Å². The third-order valence-electron chi connectivity index (χ3n) is 3.12. The Bertz CT molecular complexity index is 486. The number of likely N-dealkylation sites (tertiary alicyclic amines) is 1. The van der Waals surface area contributed by atoms with Gasteiger partial charge in [-0.3, -0.25) is 4.99 Å². The van der Waals surface area contributed by atoms with Crippen molar-refractivity contribution in [3.05, 3.63) is 29.4 Å². The smallest absolute Gasteiger partial charge is 0.407 e. The lowest BCUT2D eigenvalue weighted by molar-refractivity contribution is 0.129. The van der Waals surface area contributed by atoms with Crippen molar-refractivity contribution >= 4 is 6.09 Å². The summed E-state index contributed by atoms with van der Waals surface area (Å²) in [5.41, 5.74) is 1.36. The Morgan fingerprint density at radius 3 is 3.00 bits per heavy atom. The van der Waals surface area contributed by atoms with E-state index in [0.717, 1.165) is 23.1 Å². The zero-order valence-corrected chi connectivity index (χ0v) is 10.3. The van der Waals surface area contributed by atoms with Crippen molar-refractivity contribution in [1.82, 2.24) is 9.63 Å². The van der Waals surface area contributed by atoms with E-state index in [1.807, 2.05) is 13.0 Å². The first kappa shape index (κ1) is 12.5. The van der Waals surface area contributed by atoms with Crippen LogP contribution in [-0.4, -0.2) is 45.2 Å². The molecule has 0 radical (unpaired) electrons. The molecule has 2 heterocycles. The molecule has 0 spiro atoms. The zero-order chi connectivity index (χ0) is 13.1. The first-order valence-corrected chi connectivity index (χ1v) is 5.97. The van der Waals surface area contributed by atoms with Gasteiger partial charge in [0.05, 0.1) is 6.04 Å². The lowest BCUT2D eigenvalue weighted by Gasteiger charge is -2.28. The summed E-state index contributed by atoms with van der Waals surface area (Å²) in [6, 6.07) is 3.51. The van der Waals surface area contributed by atoms with Crippen molar-refractivity contribution in [3.8, 4) is 0 Å². The van der Waals surface area contributed by atoms with E-state index in [2.05, 4.69) is 4.99 Å². The molecule has 1 aromatic rings. The van der Waals surface area contributed by atoms with E-state index in [9.17, 15) is 10.0 Å². The highest BCUT2D eigenvalue weighted by Crippen LogP contribution is 2.12. The molecule has 2 N–H and O–H groups in total. The minimum Gasteiger partial charge on any atom is -0.465 e. The molecule has 98 valence electrons. The highest BCUT2D eigenvalue weighted by molar-refractivity contribution is 5.65. The van der Waals surface area contributed by atoms with Gasteiger partial charge in [-0.15, -0.1) is 0 Å². The van der Waals surface area contributed by atoms with Gasteiger partial charge in [0.1, 0.15) is 0 Å². The highest BCUT2D eigenvalue weighted by Gasteiger charge is 2.22. The number of hydrogen-bond donors (Lipinski definition) is 2. The number of aryl methyl sites for hydroxylation is 1. The molecule has 18 heavy (non-hydrogen) atoms. The average Bonchev–Trinajstić information content (AvgIpc) is 2.34. The Labute approximate surface area is 105 Å². The molecule has 0 saturated carbocycles. The molecule has 6 nitrogen and oxygen atoms in total. The molecule has 0 aromatic carbocycles.